The number of rotatable bonds is 12. The molecule has 0 aliphatic rings. The van der Waals surface area contributed by atoms with Crippen LogP contribution in [0.3, 0.4) is 0 Å². The van der Waals surface area contributed by atoms with Gasteiger partial charge in [0, 0.05) is 26.6 Å². The van der Waals surface area contributed by atoms with E-state index in [1.54, 1.807) is 4.90 Å². The van der Waals surface area contributed by atoms with Crippen molar-refractivity contribution in [1.82, 2.24) is 10.2 Å². The van der Waals surface area contributed by atoms with Crippen LogP contribution in [-0.2, 0) is 19.1 Å². The monoisotopic (exact) mass is 290 g/mol. The molecule has 1 amide bonds. The van der Waals surface area contributed by atoms with Crippen LogP contribution in [0.1, 0.15) is 19.3 Å². The molecule has 8 nitrogen and oxygen atoms in total. The molecule has 0 saturated carbocycles. The van der Waals surface area contributed by atoms with Gasteiger partial charge in [-0.05, 0) is 13.0 Å². The quantitative estimate of drug-likeness (QED) is 0.410. The number of carboxylic acids is 2. The van der Waals surface area contributed by atoms with Gasteiger partial charge in [0.25, 0.3) is 0 Å². The van der Waals surface area contributed by atoms with Gasteiger partial charge in [-0.25, -0.2) is 0 Å². The zero-order valence-electron chi connectivity index (χ0n) is 11.6. The van der Waals surface area contributed by atoms with E-state index in [1.807, 2.05) is 0 Å². The van der Waals surface area contributed by atoms with Crippen LogP contribution in [0.5, 0.6) is 0 Å². The summed E-state index contributed by atoms with van der Waals surface area (Å²) in [6.45, 7) is 1.43. The normalized spacial score (nSPS) is 10.5. The molecule has 0 rings (SSSR count). The van der Waals surface area contributed by atoms with Crippen molar-refractivity contribution in [2.24, 2.45) is 0 Å². The van der Waals surface area contributed by atoms with Crippen molar-refractivity contribution >= 4 is 17.8 Å². The van der Waals surface area contributed by atoms with Crippen molar-refractivity contribution in [3.63, 3.8) is 0 Å². The molecule has 116 valence electrons. The van der Waals surface area contributed by atoms with Crippen molar-refractivity contribution in [1.29, 1.82) is 0 Å². The van der Waals surface area contributed by atoms with Crippen LogP contribution in [0.2, 0.25) is 0 Å². The minimum absolute atomic E-state index is 0.00509. The summed E-state index contributed by atoms with van der Waals surface area (Å²) in [7, 11) is 1.53. The number of ether oxygens (including phenoxy) is 1. The summed E-state index contributed by atoms with van der Waals surface area (Å²) >= 11 is 0. The van der Waals surface area contributed by atoms with E-state index in [1.165, 1.54) is 7.11 Å². The van der Waals surface area contributed by atoms with Crippen molar-refractivity contribution in [3.8, 4) is 0 Å². The predicted molar refractivity (Wildman–Crippen MR) is 70.4 cm³/mol. The van der Waals surface area contributed by atoms with E-state index in [4.69, 9.17) is 14.9 Å². The highest BCUT2D eigenvalue weighted by Crippen LogP contribution is 1.98. The van der Waals surface area contributed by atoms with Crippen LogP contribution in [0, 0.1) is 0 Å². The average molecular weight is 290 g/mol. The lowest BCUT2D eigenvalue weighted by Crippen LogP contribution is -2.39. The molecule has 0 unspecified atom stereocenters. The molecule has 0 aromatic carbocycles. The summed E-state index contributed by atoms with van der Waals surface area (Å²) in [6, 6.07) is 0. The molecule has 0 fully saturated rings. The van der Waals surface area contributed by atoms with Gasteiger partial charge in [0.2, 0.25) is 5.91 Å². The zero-order chi connectivity index (χ0) is 15.4. The minimum Gasteiger partial charge on any atom is -0.481 e. The summed E-state index contributed by atoms with van der Waals surface area (Å²) in [6.07, 6.45) is 0.285. The highest BCUT2D eigenvalue weighted by molar-refractivity contribution is 5.78. The number of hydrogen-bond acceptors (Lipinski definition) is 5. The van der Waals surface area contributed by atoms with Crippen LogP contribution >= 0.6 is 0 Å². The number of carboxylic acid groups (broad SMARTS) is 2. The Labute approximate surface area is 117 Å². The molecule has 0 aliphatic carbocycles. The van der Waals surface area contributed by atoms with Crippen LogP contribution < -0.4 is 5.32 Å². The molecule has 0 aromatic heterocycles. The first-order valence-electron chi connectivity index (χ1n) is 6.37. The SMILES string of the molecule is COCCNC(=O)CN(CCCC(=O)O)CCC(=O)O. The topological polar surface area (TPSA) is 116 Å². The Morgan fingerprint density at radius 3 is 2.30 bits per heavy atom. The molecule has 0 aromatic rings. The second-order valence-electron chi connectivity index (χ2n) is 4.26. The number of aliphatic carboxylic acids is 2. The average Bonchev–Trinajstić information content (AvgIpc) is 2.35. The third kappa shape index (κ3) is 11.4. The number of nitrogens with one attached hydrogen (secondary N) is 1. The number of methoxy groups -OCH3 is 1. The van der Waals surface area contributed by atoms with E-state index in [-0.39, 0.29) is 31.8 Å². The number of hydrogen-bond donors (Lipinski definition) is 3. The lowest BCUT2D eigenvalue weighted by Gasteiger charge is -2.20. The van der Waals surface area contributed by atoms with E-state index in [0.29, 0.717) is 26.1 Å². The van der Waals surface area contributed by atoms with Crippen molar-refractivity contribution < 1.29 is 29.3 Å². The highest BCUT2D eigenvalue weighted by Gasteiger charge is 2.12. The van der Waals surface area contributed by atoms with Crippen LogP contribution in [0.25, 0.3) is 0 Å². The number of amides is 1. The van der Waals surface area contributed by atoms with Gasteiger partial charge in [-0.15, -0.1) is 0 Å². The zero-order valence-corrected chi connectivity index (χ0v) is 11.6. The van der Waals surface area contributed by atoms with Crippen LogP contribution in [0.15, 0.2) is 0 Å². The molecule has 0 atom stereocenters. The van der Waals surface area contributed by atoms with E-state index in [9.17, 15) is 14.4 Å². The third-order valence-electron chi connectivity index (χ3n) is 2.50. The Morgan fingerprint density at radius 2 is 1.75 bits per heavy atom. The lowest BCUT2D eigenvalue weighted by molar-refractivity contribution is -0.139. The van der Waals surface area contributed by atoms with Crippen LogP contribution in [0.4, 0.5) is 0 Å². The Hall–Kier alpha value is -1.67. The first-order chi connectivity index (χ1) is 9.45. The van der Waals surface area contributed by atoms with E-state index in [0.717, 1.165) is 0 Å². The standard InChI is InChI=1S/C12H22N2O6/c1-20-8-5-13-10(15)9-14(7-4-12(18)19)6-2-3-11(16)17/h2-9H2,1H3,(H,13,15)(H,16,17)(H,18,19). The first-order valence-corrected chi connectivity index (χ1v) is 6.37. The van der Waals surface area contributed by atoms with Crippen molar-refractivity contribution in [2.75, 3.05) is 39.9 Å². The molecule has 0 heterocycles. The van der Waals surface area contributed by atoms with Gasteiger partial charge >= 0.3 is 11.9 Å². The summed E-state index contributed by atoms with van der Waals surface area (Å²) < 4.78 is 4.80. The second-order valence-corrected chi connectivity index (χ2v) is 4.26. The maximum atomic E-state index is 11.6. The summed E-state index contributed by atoms with van der Waals surface area (Å²) in [5.41, 5.74) is 0. The molecule has 8 heteroatoms. The minimum atomic E-state index is -0.951. The van der Waals surface area contributed by atoms with Gasteiger partial charge in [-0.1, -0.05) is 0 Å². The van der Waals surface area contributed by atoms with Gasteiger partial charge in [0.05, 0.1) is 19.6 Å². The fourth-order valence-electron chi connectivity index (χ4n) is 1.53. The Bertz CT molecular complexity index is 321. The Balaban J connectivity index is 4.10. The number of carbonyl (C=O) groups is 3. The van der Waals surface area contributed by atoms with Crippen molar-refractivity contribution in [3.05, 3.63) is 0 Å². The third-order valence-corrected chi connectivity index (χ3v) is 2.50. The maximum Gasteiger partial charge on any atom is 0.304 e. The smallest absolute Gasteiger partial charge is 0.304 e. The molecule has 0 spiro atoms. The molecule has 0 radical (unpaired) electrons. The largest absolute Gasteiger partial charge is 0.481 e. The van der Waals surface area contributed by atoms with E-state index in [2.05, 4.69) is 5.32 Å². The summed E-state index contributed by atoms with van der Waals surface area (Å²) in [5, 5.41) is 19.8. The molecule has 0 bridgehead atoms. The molecular formula is C12H22N2O6. The van der Waals surface area contributed by atoms with Gasteiger partial charge in [0.15, 0.2) is 0 Å². The lowest BCUT2D eigenvalue weighted by atomic mass is 10.2. The van der Waals surface area contributed by atoms with Gasteiger partial charge in [0.1, 0.15) is 0 Å². The number of nitrogens with zero attached hydrogens (tertiary/aromatic N) is 1. The number of carbonyl (C=O) groups excluding carboxylic acids is 1. The van der Waals surface area contributed by atoms with Gasteiger partial charge < -0.3 is 20.3 Å². The Morgan fingerprint density at radius 1 is 1.10 bits per heavy atom. The van der Waals surface area contributed by atoms with E-state index >= 15 is 0 Å². The first kappa shape index (κ1) is 18.3. The molecule has 0 aliphatic heterocycles. The maximum absolute atomic E-state index is 11.6. The summed E-state index contributed by atoms with van der Waals surface area (Å²) in [5.74, 6) is -2.09. The van der Waals surface area contributed by atoms with E-state index < -0.39 is 11.9 Å². The molecule has 3 N–H and O–H groups in total. The molecule has 20 heavy (non-hydrogen) atoms. The second kappa shape index (κ2) is 11.2. The molecular weight excluding hydrogens is 268 g/mol. The molecule has 0 saturated heterocycles. The Kier molecular flexibility index (Phi) is 10.2. The van der Waals surface area contributed by atoms with Crippen LogP contribution in [-0.4, -0.2) is 72.9 Å². The van der Waals surface area contributed by atoms with Gasteiger partial charge in [-0.3, -0.25) is 19.3 Å². The predicted octanol–water partition coefficient (Wildman–Crippen LogP) is -0.609. The van der Waals surface area contributed by atoms with Gasteiger partial charge in [-0.2, -0.15) is 0 Å². The fraction of sp³-hybridized carbons (Fsp3) is 0.750. The highest BCUT2D eigenvalue weighted by atomic mass is 16.5. The van der Waals surface area contributed by atoms with Crippen molar-refractivity contribution in [2.45, 2.75) is 19.3 Å². The fourth-order valence-corrected chi connectivity index (χ4v) is 1.53. The summed E-state index contributed by atoms with van der Waals surface area (Å²) in [4.78, 5) is 34.2.